The predicted molar refractivity (Wildman–Crippen MR) is 59.9 cm³/mol. The molecular weight excluding hydrogens is 206 g/mol. The molecule has 1 aromatic carbocycles. The van der Waals surface area contributed by atoms with Crippen molar-refractivity contribution >= 4 is 5.97 Å². The second-order valence-corrected chi connectivity index (χ2v) is 3.10. The Hall–Kier alpha value is -1.99. The van der Waals surface area contributed by atoms with Crippen LogP contribution in [0, 0.1) is 11.8 Å². The zero-order valence-corrected chi connectivity index (χ0v) is 8.72. The van der Waals surface area contributed by atoms with E-state index in [0.717, 1.165) is 5.75 Å². The maximum atomic E-state index is 10.4. The summed E-state index contributed by atoms with van der Waals surface area (Å²) >= 11 is 0. The lowest BCUT2D eigenvalue weighted by Crippen LogP contribution is -2.29. The number of rotatable bonds is 4. The summed E-state index contributed by atoms with van der Waals surface area (Å²) in [5.74, 6) is 5.05. The van der Waals surface area contributed by atoms with E-state index in [1.807, 2.05) is 30.3 Å². The Morgan fingerprint density at radius 1 is 1.38 bits per heavy atom. The molecule has 0 saturated heterocycles. The van der Waals surface area contributed by atoms with Crippen molar-refractivity contribution < 1.29 is 14.6 Å². The van der Waals surface area contributed by atoms with E-state index in [9.17, 15) is 4.79 Å². The van der Waals surface area contributed by atoms with Gasteiger partial charge in [0.15, 0.2) is 0 Å². The fourth-order valence-electron chi connectivity index (χ4n) is 0.957. The highest BCUT2D eigenvalue weighted by Gasteiger charge is 2.07. The van der Waals surface area contributed by atoms with Crippen molar-refractivity contribution in [3.63, 3.8) is 0 Å². The lowest BCUT2D eigenvalue weighted by molar-refractivity contribution is -0.138. The molecule has 0 fully saturated rings. The van der Waals surface area contributed by atoms with Gasteiger partial charge in [0.05, 0.1) is 0 Å². The van der Waals surface area contributed by atoms with Crippen molar-refractivity contribution in [1.29, 1.82) is 0 Å². The molecule has 0 heterocycles. The van der Waals surface area contributed by atoms with Gasteiger partial charge in [-0.2, -0.15) is 0 Å². The zero-order chi connectivity index (χ0) is 11.8. The molecule has 0 spiro atoms. The first-order chi connectivity index (χ1) is 7.70. The Labute approximate surface area is 94.0 Å². The van der Waals surface area contributed by atoms with Gasteiger partial charge in [-0.25, -0.2) is 0 Å². The highest BCUT2D eigenvalue weighted by molar-refractivity contribution is 5.73. The van der Waals surface area contributed by atoms with E-state index in [1.165, 1.54) is 0 Å². The van der Waals surface area contributed by atoms with Crippen molar-refractivity contribution in [3.05, 3.63) is 30.3 Å². The second kappa shape index (κ2) is 6.49. The van der Waals surface area contributed by atoms with E-state index < -0.39 is 12.0 Å². The molecule has 0 aliphatic rings. The van der Waals surface area contributed by atoms with E-state index in [2.05, 4.69) is 11.8 Å². The van der Waals surface area contributed by atoms with Gasteiger partial charge in [0.25, 0.3) is 0 Å². The summed E-state index contributed by atoms with van der Waals surface area (Å²) in [6.45, 7) is 0.232. The van der Waals surface area contributed by atoms with Crippen LogP contribution in [-0.4, -0.2) is 23.7 Å². The summed E-state index contributed by atoms with van der Waals surface area (Å²) in [4.78, 5) is 10.4. The van der Waals surface area contributed by atoms with Crippen molar-refractivity contribution in [2.24, 2.45) is 5.73 Å². The fourth-order valence-corrected chi connectivity index (χ4v) is 0.957. The molecule has 84 valence electrons. The molecule has 1 aromatic rings. The van der Waals surface area contributed by atoms with E-state index in [4.69, 9.17) is 15.6 Å². The minimum absolute atomic E-state index is 0.132. The molecule has 3 N–H and O–H groups in total. The summed E-state index contributed by atoms with van der Waals surface area (Å²) < 4.78 is 5.29. The average molecular weight is 219 g/mol. The molecular formula is C12H13NO3. The van der Waals surface area contributed by atoms with Crippen LogP contribution in [0.5, 0.6) is 5.75 Å². The average Bonchev–Trinajstić information content (AvgIpc) is 2.29. The summed E-state index contributed by atoms with van der Waals surface area (Å²) in [6.07, 6.45) is 0.132. The van der Waals surface area contributed by atoms with Gasteiger partial charge in [-0.05, 0) is 12.1 Å². The molecule has 4 nitrogen and oxygen atoms in total. The Bertz CT molecular complexity index is 392. The number of para-hydroxylation sites is 1. The molecule has 1 rings (SSSR count). The van der Waals surface area contributed by atoms with Gasteiger partial charge in [-0.3, -0.25) is 4.79 Å². The van der Waals surface area contributed by atoms with Gasteiger partial charge in [0.2, 0.25) is 0 Å². The number of carbonyl (C=O) groups is 1. The largest absolute Gasteiger partial charge is 0.481 e. The van der Waals surface area contributed by atoms with E-state index in [1.54, 1.807) is 0 Å². The number of hydrogen-bond acceptors (Lipinski definition) is 3. The molecule has 1 atom stereocenters. The molecule has 0 amide bonds. The number of benzene rings is 1. The third kappa shape index (κ3) is 4.49. The van der Waals surface area contributed by atoms with Crippen molar-refractivity contribution in [2.75, 3.05) is 6.61 Å². The first-order valence-corrected chi connectivity index (χ1v) is 4.82. The molecule has 16 heavy (non-hydrogen) atoms. The molecule has 1 unspecified atom stereocenters. The van der Waals surface area contributed by atoms with Gasteiger partial charge in [0.1, 0.15) is 18.4 Å². The Morgan fingerprint density at radius 3 is 2.69 bits per heavy atom. The topological polar surface area (TPSA) is 72.5 Å². The summed E-state index contributed by atoms with van der Waals surface area (Å²) in [6, 6.07) is 8.34. The highest BCUT2D eigenvalue weighted by atomic mass is 16.5. The molecule has 0 bridgehead atoms. The smallest absolute Gasteiger partial charge is 0.321 e. The molecule has 4 heteroatoms. The van der Waals surface area contributed by atoms with Crippen LogP contribution in [0.3, 0.4) is 0 Å². The van der Waals surface area contributed by atoms with Crippen LogP contribution in [-0.2, 0) is 4.79 Å². The third-order valence-corrected chi connectivity index (χ3v) is 1.82. The minimum atomic E-state index is -1.04. The molecule has 0 aliphatic carbocycles. The lowest BCUT2D eigenvalue weighted by Gasteiger charge is -2.00. The van der Waals surface area contributed by atoms with Crippen LogP contribution in [0.1, 0.15) is 6.42 Å². The third-order valence-electron chi connectivity index (χ3n) is 1.82. The lowest BCUT2D eigenvalue weighted by atomic mass is 10.2. The Morgan fingerprint density at radius 2 is 2.06 bits per heavy atom. The number of nitrogens with two attached hydrogens (primary N) is 1. The molecule has 0 saturated carbocycles. The number of carboxylic acids is 1. The van der Waals surface area contributed by atoms with Gasteiger partial charge in [-0.1, -0.05) is 30.0 Å². The first-order valence-electron chi connectivity index (χ1n) is 4.82. The summed E-state index contributed by atoms with van der Waals surface area (Å²) in [5.41, 5.74) is 5.27. The maximum Gasteiger partial charge on any atom is 0.321 e. The van der Waals surface area contributed by atoms with Gasteiger partial charge >= 0.3 is 5.97 Å². The van der Waals surface area contributed by atoms with Gasteiger partial charge < -0.3 is 15.6 Å². The minimum Gasteiger partial charge on any atom is -0.481 e. The number of aliphatic carboxylic acids is 1. The first kappa shape index (κ1) is 12.1. The zero-order valence-electron chi connectivity index (χ0n) is 8.72. The van der Waals surface area contributed by atoms with Crippen LogP contribution in [0.2, 0.25) is 0 Å². The van der Waals surface area contributed by atoms with Crippen LogP contribution in [0.15, 0.2) is 30.3 Å². The standard InChI is InChI=1S/C12H13NO3/c13-11(12(14)15)8-4-5-9-16-10-6-2-1-3-7-10/h1-3,6-7,11H,8-9,13H2,(H,14,15). The van der Waals surface area contributed by atoms with Crippen molar-refractivity contribution in [2.45, 2.75) is 12.5 Å². The van der Waals surface area contributed by atoms with E-state index in [0.29, 0.717) is 0 Å². The van der Waals surface area contributed by atoms with Crippen LogP contribution in [0.25, 0.3) is 0 Å². The maximum absolute atomic E-state index is 10.4. The number of carboxylic acid groups (broad SMARTS) is 1. The normalized spacial score (nSPS) is 11.1. The summed E-state index contributed by atoms with van der Waals surface area (Å²) in [5, 5.41) is 8.49. The Kier molecular flexibility index (Phi) is 4.90. The van der Waals surface area contributed by atoms with E-state index in [-0.39, 0.29) is 13.0 Å². The van der Waals surface area contributed by atoms with Gasteiger partial charge in [-0.15, -0.1) is 0 Å². The summed E-state index contributed by atoms with van der Waals surface area (Å²) in [7, 11) is 0. The Balaban J connectivity index is 2.26. The monoisotopic (exact) mass is 219 g/mol. The number of hydrogen-bond donors (Lipinski definition) is 2. The van der Waals surface area contributed by atoms with Gasteiger partial charge in [0, 0.05) is 6.42 Å². The van der Waals surface area contributed by atoms with E-state index >= 15 is 0 Å². The highest BCUT2D eigenvalue weighted by Crippen LogP contribution is 2.07. The molecule has 0 aliphatic heterocycles. The molecule has 0 radical (unpaired) electrons. The predicted octanol–water partition coefficient (Wildman–Crippen LogP) is 0.871. The SMILES string of the molecule is NC(CC#CCOc1ccccc1)C(=O)O. The van der Waals surface area contributed by atoms with Crippen LogP contribution in [0.4, 0.5) is 0 Å². The quantitative estimate of drug-likeness (QED) is 0.737. The van der Waals surface area contributed by atoms with Crippen molar-refractivity contribution in [1.82, 2.24) is 0 Å². The molecule has 0 aromatic heterocycles. The second-order valence-electron chi connectivity index (χ2n) is 3.10. The number of ether oxygens (including phenoxy) is 1. The van der Waals surface area contributed by atoms with Crippen molar-refractivity contribution in [3.8, 4) is 17.6 Å². The van der Waals surface area contributed by atoms with Crippen LogP contribution < -0.4 is 10.5 Å². The fraction of sp³-hybridized carbons (Fsp3) is 0.250. The van der Waals surface area contributed by atoms with Crippen LogP contribution >= 0.6 is 0 Å².